The van der Waals surface area contributed by atoms with Crippen LogP contribution in [-0.4, -0.2) is 45.9 Å². The van der Waals surface area contributed by atoms with Crippen LogP contribution >= 0.6 is 0 Å². The number of hydrogen-bond donors (Lipinski definition) is 0. The highest BCUT2D eigenvalue weighted by molar-refractivity contribution is 5.90. The van der Waals surface area contributed by atoms with Gasteiger partial charge in [-0.05, 0) is 42.5 Å². The Morgan fingerprint density at radius 2 is 2.00 bits per heavy atom. The van der Waals surface area contributed by atoms with E-state index in [0.717, 1.165) is 49.0 Å². The van der Waals surface area contributed by atoms with Gasteiger partial charge in [0.25, 0.3) is 0 Å². The van der Waals surface area contributed by atoms with E-state index in [1.807, 2.05) is 19.2 Å². The summed E-state index contributed by atoms with van der Waals surface area (Å²) in [5.41, 5.74) is 5.41. The number of rotatable bonds is 3. The molecule has 4 rings (SSSR count). The Kier molecular flexibility index (Phi) is 5.24. The second-order valence-electron chi connectivity index (χ2n) is 7.47. The predicted molar refractivity (Wildman–Crippen MR) is 114 cm³/mol. The number of likely N-dealkylation sites (tertiary alicyclic amines) is 1. The second kappa shape index (κ2) is 7.97. The molecule has 1 atom stereocenters. The maximum atomic E-state index is 4.94. The molecule has 0 spiro atoms. The molecule has 0 N–H and O–H groups in total. The normalized spacial score (nSPS) is 20.1. The highest BCUT2D eigenvalue weighted by atomic mass is 15.4. The number of benzene rings is 1. The third-order valence-corrected chi connectivity index (χ3v) is 5.66. The molecule has 2 aromatic rings. The van der Waals surface area contributed by atoms with Gasteiger partial charge >= 0.3 is 0 Å². The first-order valence-electron chi connectivity index (χ1n) is 9.99. The molecule has 3 heterocycles. The molecule has 0 amide bonds. The van der Waals surface area contributed by atoms with Gasteiger partial charge in [0.1, 0.15) is 6.33 Å². The number of guanidine groups is 1. The van der Waals surface area contributed by atoms with Crippen molar-refractivity contribution in [3.8, 4) is 0 Å². The fourth-order valence-electron chi connectivity index (χ4n) is 3.91. The van der Waals surface area contributed by atoms with Crippen molar-refractivity contribution in [2.75, 3.05) is 20.1 Å². The minimum atomic E-state index is 0.525. The van der Waals surface area contributed by atoms with Crippen molar-refractivity contribution in [3.05, 3.63) is 78.0 Å². The minimum Gasteiger partial charge on any atom is -0.342 e. The van der Waals surface area contributed by atoms with Crippen molar-refractivity contribution in [1.82, 2.24) is 19.8 Å². The molecule has 5 nitrogen and oxygen atoms in total. The fourth-order valence-corrected chi connectivity index (χ4v) is 3.91. The zero-order valence-electron chi connectivity index (χ0n) is 16.7. The van der Waals surface area contributed by atoms with Gasteiger partial charge in [0, 0.05) is 37.9 Å². The first kappa shape index (κ1) is 18.4. The van der Waals surface area contributed by atoms with Crippen LogP contribution < -0.4 is 0 Å². The fraction of sp³-hybridized carbons (Fsp3) is 0.348. The summed E-state index contributed by atoms with van der Waals surface area (Å²) in [6.45, 7) is 8.39. The molecule has 0 bridgehead atoms. The number of nitrogens with zero attached hydrogens (tertiary/aromatic N) is 5. The molecule has 0 saturated carbocycles. The lowest BCUT2D eigenvalue weighted by molar-refractivity contribution is 0.284. The summed E-state index contributed by atoms with van der Waals surface area (Å²) in [6.07, 6.45) is 8.75. The summed E-state index contributed by atoms with van der Waals surface area (Å²) in [5.74, 6) is 1.48. The lowest BCUT2D eigenvalue weighted by atomic mass is 9.90. The topological polar surface area (TPSA) is 44.6 Å². The SMILES string of the molecule is C=C1C=C(c2ccncn2)N=C(N2CCCC(c3ccc(CC)cc3)C2)N1C. The summed E-state index contributed by atoms with van der Waals surface area (Å²) in [7, 11) is 2.04. The van der Waals surface area contributed by atoms with Crippen LogP contribution in [0.5, 0.6) is 0 Å². The molecule has 28 heavy (non-hydrogen) atoms. The van der Waals surface area contributed by atoms with Crippen LogP contribution in [0.3, 0.4) is 0 Å². The minimum absolute atomic E-state index is 0.525. The Hall–Kier alpha value is -2.95. The zero-order valence-corrected chi connectivity index (χ0v) is 16.7. The van der Waals surface area contributed by atoms with Gasteiger partial charge in [-0.3, -0.25) is 0 Å². The lowest BCUT2D eigenvalue weighted by Crippen LogP contribution is -2.47. The standard InChI is InChI=1S/C23H27N5/c1-4-18-7-9-19(10-8-18)20-6-5-13-28(15-20)23-26-22(14-17(2)27(23)3)21-11-12-24-16-25-21/h7-12,14,16,20H,2,4-6,13,15H2,1,3H3. The zero-order chi connectivity index (χ0) is 19.5. The van der Waals surface area contributed by atoms with Gasteiger partial charge in [-0.15, -0.1) is 0 Å². The first-order chi connectivity index (χ1) is 13.7. The van der Waals surface area contributed by atoms with Crippen LogP contribution in [0.4, 0.5) is 0 Å². The van der Waals surface area contributed by atoms with E-state index in [4.69, 9.17) is 4.99 Å². The average Bonchev–Trinajstić information content (AvgIpc) is 2.76. The number of aryl methyl sites for hydroxylation is 1. The van der Waals surface area contributed by atoms with E-state index in [9.17, 15) is 0 Å². The molecular formula is C23H27N5. The highest BCUT2D eigenvalue weighted by Crippen LogP contribution is 2.30. The summed E-state index contributed by atoms with van der Waals surface area (Å²) in [4.78, 5) is 17.8. The van der Waals surface area contributed by atoms with Gasteiger partial charge in [0.05, 0.1) is 11.4 Å². The Bertz CT molecular complexity index is 898. The second-order valence-corrected chi connectivity index (χ2v) is 7.47. The number of piperidine rings is 1. The van der Waals surface area contributed by atoms with E-state index in [0.29, 0.717) is 5.92 Å². The third-order valence-electron chi connectivity index (χ3n) is 5.66. The Morgan fingerprint density at radius 3 is 2.71 bits per heavy atom. The molecular weight excluding hydrogens is 346 g/mol. The number of likely N-dealkylation sites (N-methyl/N-ethyl adjacent to an activating group) is 1. The van der Waals surface area contributed by atoms with Crippen LogP contribution in [0.2, 0.25) is 0 Å². The van der Waals surface area contributed by atoms with E-state index >= 15 is 0 Å². The Balaban J connectivity index is 1.58. The smallest absolute Gasteiger partial charge is 0.206 e. The molecule has 5 heteroatoms. The van der Waals surface area contributed by atoms with Gasteiger partial charge < -0.3 is 9.80 Å². The molecule has 1 aromatic carbocycles. The molecule has 1 saturated heterocycles. The van der Waals surface area contributed by atoms with E-state index in [1.165, 1.54) is 17.5 Å². The maximum Gasteiger partial charge on any atom is 0.206 e. The summed E-state index contributed by atoms with van der Waals surface area (Å²) in [5, 5.41) is 0. The van der Waals surface area contributed by atoms with Crippen molar-refractivity contribution in [1.29, 1.82) is 0 Å². The molecule has 0 radical (unpaired) electrons. The van der Waals surface area contributed by atoms with Crippen LogP contribution in [0.25, 0.3) is 5.70 Å². The highest BCUT2D eigenvalue weighted by Gasteiger charge is 2.28. The number of aliphatic imine (C=N–C) groups is 1. The number of aromatic nitrogens is 2. The molecule has 2 aliphatic rings. The quantitative estimate of drug-likeness (QED) is 0.813. The van der Waals surface area contributed by atoms with E-state index in [-0.39, 0.29) is 0 Å². The van der Waals surface area contributed by atoms with Crippen LogP contribution in [-0.2, 0) is 6.42 Å². The van der Waals surface area contributed by atoms with Gasteiger partial charge in [-0.1, -0.05) is 37.8 Å². The molecule has 2 aliphatic heterocycles. The van der Waals surface area contributed by atoms with Crippen molar-refractivity contribution in [2.24, 2.45) is 4.99 Å². The average molecular weight is 374 g/mol. The van der Waals surface area contributed by atoms with Crippen LogP contribution in [0.1, 0.15) is 42.5 Å². The van der Waals surface area contributed by atoms with Crippen LogP contribution in [0, 0.1) is 0 Å². The third kappa shape index (κ3) is 3.70. The Morgan fingerprint density at radius 1 is 1.18 bits per heavy atom. The molecule has 1 fully saturated rings. The largest absolute Gasteiger partial charge is 0.342 e. The summed E-state index contributed by atoms with van der Waals surface area (Å²) >= 11 is 0. The predicted octanol–water partition coefficient (Wildman–Crippen LogP) is 4.07. The lowest BCUT2D eigenvalue weighted by Gasteiger charge is -2.39. The molecule has 1 aromatic heterocycles. The van der Waals surface area contributed by atoms with Crippen molar-refractivity contribution in [2.45, 2.75) is 32.1 Å². The molecule has 1 unspecified atom stereocenters. The maximum absolute atomic E-state index is 4.94. The van der Waals surface area contributed by atoms with Gasteiger partial charge in [0.15, 0.2) is 0 Å². The summed E-state index contributed by atoms with van der Waals surface area (Å²) < 4.78 is 0. The van der Waals surface area contributed by atoms with Crippen molar-refractivity contribution >= 4 is 11.7 Å². The van der Waals surface area contributed by atoms with Crippen LogP contribution in [0.15, 0.2) is 66.2 Å². The van der Waals surface area contributed by atoms with Gasteiger partial charge in [0.2, 0.25) is 5.96 Å². The van der Waals surface area contributed by atoms with Gasteiger partial charge in [-0.25, -0.2) is 15.0 Å². The van der Waals surface area contributed by atoms with E-state index < -0.39 is 0 Å². The Labute approximate surface area is 167 Å². The number of allylic oxidation sites excluding steroid dienone is 1. The van der Waals surface area contributed by atoms with Gasteiger partial charge in [-0.2, -0.15) is 0 Å². The first-order valence-corrected chi connectivity index (χ1v) is 9.99. The van der Waals surface area contributed by atoms with E-state index in [2.05, 4.69) is 57.5 Å². The number of hydrogen-bond acceptors (Lipinski definition) is 5. The monoisotopic (exact) mass is 373 g/mol. The van der Waals surface area contributed by atoms with E-state index in [1.54, 1.807) is 12.5 Å². The van der Waals surface area contributed by atoms with Crippen molar-refractivity contribution < 1.29 is 0 Å². The molecule has 0 aliphatic carbocycles. The summed E-state index contributed by atoms with van der Waals surface area (Å²) in [6, 6.07) is 11.0. The molecule has 144 valence electrons. The van der Waals surface area contributed by atoms with Crippen molar-refractivity contribution in [3.63, 3.8) is 0 Å².